The van der Waals surface area contributed by atoms with Gasteiger partial charge in [0.15, 0.2) is 0 Å². The number of hydrogen-bond donors (Lipinski definition) is 7. The third kappa shape index (κ3) is 6.96. The summed E-state index contributed by atoms with van der Waals surface area (Å²) < 4.78 is 0. The maximum atomic E-state index is 12.7. The van der Waals surface area contributed by atoms with E-state index in [4.69, 9.17) is 15.9 Å². The summed E-state index contributed by atoms with van der Waals surface area (Å²) in [6.45, 7) is 2.19. The number of aliphatic carboxylic acids is 1. The minimum absolute atomic E-state index is 0.0817. The molecule has 0 spiro atoms. The molecule has 156 valence electrons. The van der Waals surface area contributed by atoms with Gasteiger partial charge in [0, 0.05) is 18.3 Å². The van der Waals surface area contributed by atoms with Crippen molar-refractivity contribution in [1.29, 1.82) is 0 Å². The number of imidazole rings is 1. The Hall–Kier alpha value is -2.99. The highest BCUT2D eigenvalue weighted by Crippen LogP contribution is 2.05. The van der Waals surface area contributed by atoms with Gasteiger partial charge in [0.25, 0.3) is 0 Å². The van der Waals surface area contributed by atoms with Gasteiger partial charge >= 0.3 is 5.97 Å². The first-order chi connectivity index (χ1) is 13.2. The van der Waals surface area contributed by atoms with Gasteiger partial charge in [0.1, 0.15) is 18.1 Å². The number of aliphatic hydroxyl groups is 1. The van der Waals surface area contributed by atoms with Crippen LogP contribution in [0.5, 0.6) is 0 Å². The van der Waals surface area contributed by atoms with Crippen LogP contribution in [0, 0.1) is 5.92 Å². The van der Waals surface area contributed by atoms with Crippen LogP contribution in [0.15, 0.2) is 12.5 Å². The Morgan fingerprint density at radius 3 is 2.29 bits per heavy atom. The van der Waals surface area contributed by atoms with Gasteiger partial charge in [-0.15, -0.1) is 0 Å². The molecule has 1 heterocycles. The van der Waals surface area contributed by atoms with E-state index in [1.165, 1.54) is 12.5 Å². The highest BCUT2D eigenvalue weighted by Gasteiger charge is 2.31. The summed E-state index contributed by atoms with van der Waals surface area (Å²) >= 11 is 0. The number of nitrogens with two attached hydrogens (primary N) is 1. The predicted molar refractivity (Wildman–Crippen MR) is 96.7 cm³/mol. The van der Waals surface area contributed by atoms with E-state index in [-0.39, 0.29) is 13.0 Å². The number of H-pyrrole nitrogens is 1. The van der Waals surface area contributed by atoms with E-state index >= 15 is 0 Å². The number of aromatic nitrogens is 2. The van der Waals surface area contributed by atoms with Gasteiger partial charge in [-0.3, -0.25) is 14.4 Å². The molecule has 3 unspecified atom stereocenters. The van der Waals surface area contributed by atoms with Crippen molar-refractivity contribution in [2.75, 3.05) is 13.2 Å². The highest BCUT2D eigenvalue weighted by atomic mass is 16.4. The zero-order valence-corrected chi connectivity index (χ0v) is 15.6. The monoisotopic (exact) mass is 398 g/mol. The van der Waals surface area contributed by atoms with E-state index in [2.05, 4.69) is 25.9 Å². The van der Waals surface area contributed by atoms with Crippen LogP contribution >= 0.6 is 0 Å². The molecule has 0 aliphatic heterocycles. The summed E-state index contributed by atoms with van der Waals surface area (Å²) in [7, 11) is 0. The molecule has 8 N–H and O–H groups in total. The van der Waals surface area contributed by atoms with Crippen LogP contribution in [0.2, 0.25) is 0 Å². The number of nitrogens with zero attached hydrogens (tertiary/aromatic N) is 1. The number of hydrogen-bond acceptors (Lipinski definition) is 7. The number of aromatic amines is 1. The molecule has 0 fully saturated rings. The molecular weight excluding hydrogens is 372 g/mol. The van der Waals surface area contributed by atoms with Crippen molar-refractivity contribution in [3.05, 3.63) is 18.2 Å². The lowest BCUT2D eigenvalue weighted by atomic mass is 10.0. The fourth-order valence-corrected chi connectivity index (χ4v) is 2.31. The minimum atomic E-state index is -1.50. The quantitative estimate of drug-likeness (QED) is 0.206. The number of carbonyl (C=O) groups is 4. The lowest BCUT2D eigenvalue weighted by molar-refractivity contribution is -0.143. The van der Waals surface area contributed by atoms with Gasteiger partial charge in [-0.2, -0.15) is 0 Å². The van der Waals surface area contributed by atoms with Crippen molar-refractivity contribution in [1.82, 2.24) is 25.9 Å². The maximum Gasteiger partial charge on any atom is 0.328 e. The Kier molecular flexibility index (Phi) is 9.05. The lowest BCUT2D eigenvalue weighted by Gasteiger charge is -2.26. The van der Waals surface area contributed by atoms with Crippen LogP contribution < -0.4 is 21.7 Å². The van der Waals surface area contributed by atoms with E-state index < -0.39 is 54.3 Å². The molecule has 0 radical (unpaired) electrons. The predicted octanol–water partition coefficient (Wildman–Crippen LogP) is -2.90. The Morgan fingerprint density at radius 2 is 1.82 bits per heavy atom. The number of carbonyl (C=O) groups excluding carboxylic acids is 3. The second-order valence-electron chi connectivity index (χ2n) is 6.42. The molecule has 0 aromatic carbocycles. The topological polar surface area (TPSA) is 200 Å². The van der Waals surface area contributed by atoms with Crippen LogP contribution in [0.1, 0.15) is 19.5 Å². The van der Waals surface area contributed by atoms with Gasteiger partial charge in [-0.25, -0.2) is 9.78 Å². The third-order valence-electron chi connectivity index (χ3n) is 3.86. The summed E-state index contributed by atoms with van der Waals surface area (Å²) in [6, 6.07) is -3.61. The van der Waals surface area contributed by atoms with Gasteiger partial charge < -0.3 is 36.9 Å². The maximum absolute atomic E-state index is 12.7. The third-order valence-corrected chi connectivity index (χ3v) is 3.86. The summed E-state index contributed by atoms with van der Waals surface area (Å²) in [5.41, 5.74) is 5.86. The zero-order chi connectivity index (χ0) is 21.3. The van der Waals surface area contributed by atoms with Crippen LogP contribution in [-0.2, 0) is 25.6 Å². The van der Waals surface area contributed by atoms with Crippen molar-refractivity contribution >= 4 is 23.7 Å². The van der Waals surface area contributed by atoms with Crippen molar-refractivity contribution < 1.29 is 29.4 Å². The second-order valence-corrected chi connectivity index (χ2v) is 6.42. The first-order valence-electron chi connectivity index (χ1n) is 8.60. The molecular formula is C16H26N6O6. The van der Waals surface area contributed by atoms with Crippen molar-refractivity contribution in [2.45, 2.75) is 38.4 Å². The van der Waals surface area contributed by atoms with E-state index in [0.717, 1.165) is 0 Å². The Bertz CT molecular complexity index is 677. The molecule has 12 heteroatoms. The van der Waals surface area contributed by atoms with Gasteiger partial charge in [0.2, 0.25) is 17.7 Å². The van der Waals surface area contributed by atoms with Gasteiger partial charge in [-0.1, -0.05) is 13.8 Å². The molecule has 3 amide bonds. The first-order valence-corrected chi connectivity index (χ1v) is 8.60. The van der Waals surface area contributed by atoms with Crippen LogP contribution in [0.4, 0.5) is 0 Å². The van der Waals surface area contributed by atoms with Crippen LogP contribution in [-0.4, -0.2) is 75.1 Å². The van der Waals surface area contributed by atoms with Crippen molar-refractivity contribution in [3.8, 4) is 0 Å². The summed E-state index contributed by atoms with van der Waals surface area (Å²) in [5.74, 6) is -3.78. The van der Waals surface area contributed by atoms with Gasteiger partial charge in [-0.05, 0) is 5.92 Å². The van der Waals surface area contributed by atoms with E-state index in [9.17, 15) is 19.2 Å². The first kappa shape index (κ1) is 23.0. The number of carboxylic acid groups (broad SMARTS) is 1. The molecule has 1 aromatic rings. The largest absolute Gasteiger partial charge is 0.480 e. The number of carboxylic acids is 1. The van der Waals surface area contributed by atoms with Gasteiger partial charge in [0.05, 0.1) is 19.5 Å². The number of amides is 3. The molecule has 28 heavy (non-hydrogen) atoms. The SMILES string of the molecule is CC(C)C(NC(=O)C(Cc1cnc[nH]1)NC(=O)CN)C(=O)NC(CO)C(=O)O. The van der Waals surface area contributed by atoms with Crippen LogP contribution in [0.3, 0.4) is 0 Å². The molecule has 3 atom stereocenters. The fraction of sp³-hybridized carbons (Fsp3) is 0.562. The number of rotatable bonds is 11. The Labute approximate surface area is 161 Å². The molecule has 1 rings (SSSR count). The molecule has 0 aliphatic rings. The van der Waals surface area contributed by atoms with E-state index in [0.29, 0.717) is 5.69 Å². The second kappa shape index (κ2) is 11.0. The average molecular weight is 398 g/mol. The standard InChI is InChI=1S/C16H26N6O6/c1-8(2)13(15(26)21-11(6-23)16(27)28)22-14(25)10(20-12(24)4-17)3-9-5-18-7-19-9/h5,7-8,10-11,13,23H,3-4,6,17H2,1-2H3,(H,18,19)(H,20,24)(H,21,26)(H,22,25)(H,27,28). The van der Waals surface area contributed by atoms with E-state index in [1.54, 1.807) is 13.8 Å². The average Bonchev–Trinajstić information content (AvgIpc) is 3.15. The smallest absolute Gasteiger partial charge is 0.328 e. The molecule has 0 saturated carbocycles. The van der Waals surface area contributed by atoms with Crippen molar-refractivity contribution in [2.24, 2.45) is 11.7 Å². The number of aliphatic hydroxyl groups excluding tert-OH is 1. The summed E-state index contributed by atoms with van der Waals surface area (Å²) in [6.07, 6.45) is 2.99. The Balaban J connectivity index is 2.91. The number of nitrogens with one attached hydrogen (secondary N) is 4. The van der Waals surface area contributed by atoms with E-state index in [1.807, 2.05) is 0 Å². The summed E-state index contributed by atoms with van der Waals surface area (Å²) in [4.78, 5) is 54.4. The molecule has 12 nitrogen and oxygen atoms in total. The molecule has 1 aromatic heterocycles. The summed E-state index contributed by atoms with van der Waals surface area (Å²) in [5, 5.41) is 25.1. The molecule has 0 saturated heterocycles. The normalized spacial score (nSPS) is 14.0. The highest BCUT2D eigenvalue weighted by molar-refractivity contribution is 5.93. The molecule has 0 bridgehead atoms. The van der Waals surface area contributed by atoms with Crippen molar-refractivity contribution in [3.63, 3.8) is 0 Å². The fourth-order valence-electron chi connectivity index (χ4n) is 2.31. The zero-order valence-electron chi connectivity index (χ0n) is 15.6. The minimum Gasteiger partial charge on any atom is -0.480 e. The molecule has 0 aliphatic carbocycles. The Morgan fingerprint density at radius 1 is 1.14 bits per heavy atom. The lowest BCUT2D eigenvalue weighted by Crippen LogP contribution is -2.58. The van der Waals surface area contributed by atoms with Crippen LogP contribution in [0.25, 0.3) is 0 Å².